The van der Waals surface area contributed by atoms with Gasteiger partial charge in [-0.15, -0.1) is 5.10 Å². The highest BCUT2D eigenvalue weighted by molar-refractivity contribution is 5.36. The molecule has 0 radical (unpaired) electrons. The zero-order valence-electron chi connectivity index (χ0n) is 9.52. The maximum atomic E-state index is 5.60. The van der Waals surface area contributed by atoms with Crippen molar-refractivity contribution in [2.45, 2.75) is 44.6 Å². The van der Waals surface area contributed by atoms with Gasteiger partial charge in [0.25, 0.3) is 0 Å². The highest BCUT2D eigenvalue weighted by Crippen LogP contribution is 2.36. The molecular formula is C11H19N5. The number of fused-ring (bicyclic) bond motifs is 1. The van der Waals surface area contributed by atoms with E-state index in [-0.39, 0.29) is 0 Å². The lowest BCUT2D eigenvalue weighted by atomic mass is 9.78. The summed E-state index contributed by atoms with van der Waals surface area (Å²) in [5.74, 6) is 2.07. The van der Waals surface area contributed by atoms with E-state index in [0.29, 0.717) is 12.0 Å². The highest BCUT2D eigenvalue weighted by atomic mass is 15.4. The van der Waals surface area contributed by atoms with Gasteiger partial charge in [0, 0.05) is 12.6 Å². The third-order valence-electron chi connectivity index (χ3n) is 3.99. The predicted molar refractivity (Wildman–Crippen MR) is 63.1 cm³/mol. The van der Waals surface area contributed by atoms with E-state index in [0.717, 1.165) is 18.4 Å². The molecule has 1 aliphatic carbocycles. The Hall–Kier alpha value is -1.26. The zero-order valence-corrected chi connectivity index (χ0v) is 9.52. The molecule has 0 spiro atoms. The number of anilines is 2. The van der Waals surface area contributed by atoms with Gasteiger partial charge in [-0.3, -0.25) is 0 Å². The summed E-state index contributed by atoms with van der Waals surface area (Å²) in [5.41, 5.74) is 5.60. The summed E-state index contributed by atoms with van der Waals surface area (Å²) in [7, 11) is 0. The minimum atomic E-state index is 0.424. The summed E-state index contributed by atoms with van der Waals surface area (Å²) < 4.78 is 0. The first-order valence-corrected chi connectivity index (χ1v) is 6.29. The van der Waals surface area contributed by atoms with Crippen LogP contribution in [-0.2, 0) is 0 Å². The molecule has 3 rings (SSSR count). The first-order chi connectivity index (χ1) is 7.84. The van der Waals surface area contributed by atoms with Gasteiger partial charge in [-0.05, 0) is 31.6 Å². The minimum absolute atomic E-state index is 0.424. The van der Waals surface area contributed by atoms with Gasteiger partial charge in [0.1, 0.15) is 0 Å². The fraction of sp³-hybridized carbons (Fsp3) is 0.818. The Morgan fingerprint density at radius 3 is 2.81 bits per heavy atom. The molecule has 16 heavy (non-hydrogen) atoms. The number of hydrogen-bond acceptors (Lipinski definition) is 4. The molecule has 5 heteroatoms. The quantitative estimate of drug-likeness (QED) is 0.754. The first-order valence-electron chi connectivity index (χ1n) is 6.29. The van der Waals surface area contributed by atoms with Gasteiger partial charge in [0.15, 0.2) is 0 Å². The topological polar surface area (TPSA) is 70.8 Å². The summed E-state index contributed by atoms with van der Waals surface area (Å²) in [4.78, 5) is 6.62. The van der Waals surface area contributed by atoms with Crippen molar-refractivity contribution in [2.75, 3.05) is 17.2 Å². The van der Waals surface area contributed by atoms with Gasteiger partial charge in [-0.1, -0.05) is 12.8 Å². The van der Waals surface area contributed by atoms with E-state index in [1.807, 2.05) is 0 Å². The van der Waals surface area contributed by atoms with Crippen molar-refractivity contribution in [3.8, 4) is 0 Å². The van der Waals surface area contributed by atoms with Gasteiger partial charge in [0.2, 0.25) is 11.9 Å². The SMILES string of the molecule is Nc1nc(N2CCCC3CCCCC32)n[nH]1. The second-order valence-corrected chi connectivity index (χ2v) is 4.97. The molecule has 0 amide bonds. The van der Waals surface area contributed by atoms with Crippen LogP contribution in [0.15, 0.2) is 0 Å². The van der Waals surface area contributed by atoms with Crippen molar-refractivity contribution < 1.29 is 0 Å². The van der Waals surface area contributed by atoms with Crippen molar-refractivity contribution in [2.24, 2.45) is 5.92 Å². The van der Waals surface area contributed by atoms with E-state index in [2.05, 4.69) is 20.1 Å². The molecule has 2 aliphatic rings. The van der Waals surface area contributed by atoms with Gasteiger partial charge in [0.05, 0.1) is 0 Å². The normalized spacial score (nSPS) is 30.1. The third-order valence-corrected chi connectivity index (χ3v) is 3.99. The second kappa shape index (κ2) is 3.96. The Bertz CT molecular complexity index is 359. The lowest BCUT2D eigenvalue weighted by molar-refractivity contribution is 0.241. The van der Waals surface area contributed by atoms with Gasteiger partial charge < -0.3 is 10.6 Å². The van der Waals surface area contributed by atoms with Crippen LogP contribution in [0.5, 0.6) is 0 Å². The molecule has 1 aliphatic heterocycles. The molecule has 2 heterocycles. The second-order valence-electron chi connectivity index (χ2n) is 4.97. The molecule has 1 aromatic rings. The molecule has 1 saturated carbocycles. The average Bonchev–Trinajstić information content (AvgIpc) is 2.75. The number of nitrogens with one attached hydrogen (secondary N) is 1. The Morgan fingerprint density at radius 2 is 2.00 bits per heavy atom. The lowest BCUT2D eigenvalue weighted by Crippen LogP contribution is -2.47. The van der Waals surface area contributed by atoms with Crippen LogP contribution in [0.2, 0.25) is 0 Å². The Kier molecular flexibility index (Phi) is 2.46. The molecule has 1 saturated heterocycles. The van der Waals surface area contributed by atoms with E-state index < -0.39 is 0 Å². The molecule has 2 unspecified atom stereocenters. The number of piperidine rings is 1. The van der Waals surface area contributed by atoms with Crippen LogP contribution < -0.4 is 10.6 Å². The van der Waals surface area contributed by atoms with Crippen LogP contribution in [0.4, 0.5) is 11.9 Å². The molecule has 2 atom stereocenters. The summed E-state index contributed by atoms with van der Waals surface area (Å²) in [6.07, 6.45) is 8.04. The molecule has 3 N–H and O–H groups in total. The van der Waals surface area contributed by atoms with Crippen LogP contribution in [0.25, 0.3) is 0 Å². The number of rotatable bonds is 1. The van der Waals surface area contributed by atoms with Crippen molar-refractivity contribution in [1.82, 2.24) is 15.2 Å². The van der Waals surface area contributed by atoms with Gasteiger partial charge >= 0.3 is 0 Å². The van der Waals surface area contributed by atoms with Gasteiger partial charge in [-0.25, -0.2) is 5.10 Å². The molecule has 5 nitrogen and oxygen atoms in total. The number of nitrogen functional groups attached to an aromatic ring is 1. The molecule has 2 fully saturated rings. The fourth-order valence-corrected chi connectivity index (χ4v) is 3.27. The molecule has 88 valence electrons. The summed E-state index contributed by atoms with van der Waals surface area (Å²) in [5, 5.41) is 6.93. The maximum absolute atomic E-state index is 5.60. The Morgan fingerprint density at radius 1 is 1.19 bits per heavy atom. The minimum Gasteiger partial charge on any atom is -0.368 e. The van der Waals surface area contributed by atoms with Crippen LogP contribution >= 0.6 is 0 Å². The standard InChI is InChI=1S/C11H19N5/c12-10-13-11(15-14-10)16-7-3-5-8-4-1-2-6-9(8)16/h8-9H,1-7H2,(H3,12,13,14,15). The van der Waals surface area contributed by atoms with E-state index in [1.165, 1.54) is 38.5 Å². The van der Waals surface area contributed by atoms with Crippen LogP contribution in [-0.4, -0.2) is 27.8 Å². The third kappa shape index (κ3) is 1.64. The number of nitrogens with zero attached hydrogens (tertiary/aromatic N) is 3. The Balaban J connectivity index is 1.82. The van der Waals surface area contributed by atoms with Crippen molar-refractivity contribution >= 4 is 11.9 Å². The fourth-order valence-electron chi connectivity index (χ4n) is 3.27. The number of hydrogen-bond donors (Lipinski definition) is 2. The van der Waals surface area contributed by atoms with Crippen molar-refractivity contribution in [1.29, 1.82) is 0 Å². The van der Waals surface area contributed by atoms with E-state index in [9.17, 15) is 0 Å². The van der Waals surface area contributed by atoms with E-state index in [1.54, 1.807) is 0 Å². The number of aromatic nitrogens is 3. The lowest BCUT2D eigenvalue weighted by Gasteiger charge is -2.43. The molecular weight excluding hydrogens is 202 g/mol. The summed E-state index contributed by atoms with van der Waals surface area (Å²) in [6, 6.07) is 0.651. The molecule has 0 aromatic carbocycles. The smallest absolute Gasteiger partial charge is 0.246 e. The van der Waals surface area contributed by atoms with Crippen LogP contribution in [0, 0.1) is 5.92 Å². The van der Waals surface area contributed by atoms with Crippen LogP contribution in [0.3, 0.4) is 0 Å². The molecule has 1 aromatic heterocycles. The first kappa shape index (κ1) is 9.93. The number of aromatic amines is 1. The summed E-state index contributed by atoms with van der Waals surface area (Å²) >= 11 is 0. The largest absolute Gasteiger partial charge is 0.368 e. The monoisotopic (exact) mass is 221 g/mol. The van der Waals surface area contributed by atoms with Crippen molar-refractivity contribution in [3.05, 3.63) is 0 Å². The Labute approximate surface area is 95.4 Å². The van der Waals surface area contributed by atoms with Gasteiger partial charge in [-0.2, -0.15) is 4.98 Å². The summed E-state index contributed by atoms with van der Waals surface area (Å²) in [6.45, 7) is 1.08. The molecule has 0 bridgehead atoms. The zero-order chi connectivity index (χ0) is 11.0. The number of H-pyrrole nitrogens is 1. The average molecular weight is 221 g/mol. The predicted octanol–water partition coefficient (Wildman–Crippen LogP) is 1.55. The maximum Gasteiger partial charge on any atom is 0.246 e. The highest BCUT2D eigenvalue weighted by Gasteiger charge is 2.34. The van der Waals surface area contributed by atoms with E-state index in [4.69, 9.17) is 5.73 Å². The van der Waals surface area contributed by atoms with Crippen LogP contribution in [0.1, 0.15) is 38.5 Å². The van der Waals surface area contributed by atoms with E-state index >= 15 is 0 Å². The number of nitrogens with two attached hydrogens (primary N) is 1. The van der Waals surface area contributed by atoms with Crippen molar-refractivity contribution in [3.63, 3.8) is 0 Å².